The van der Waals surface area contributed by atoms with Crippen molar-refractivity contribution in [1.82, 2.24) is 4.98 Å². The molecule has 0 spiro atoms. The average Bonchev–Trinajstić information content (AvgIpc) is 2.77. The maximum Gasteiger partial charge on any atom is 0.443 e. The Labute approximate surface area is 99.9 Å². The molecule has 90 valence electrons. The Morgan fingerprint density at radius 3 is 2.53 bits per heavy atom. The number of rotatable bonds is 2. The minimum absolute atomic E-state index is 0.287. The fourth-order valence-corrected chi connectivity index (χ4v) is 2.31. The number of halogens is 3. The molecule has 0 aliphatic carbocycles. The summed E-state index contributed by atoms with van der Waals surface area (Å²) < 4.78 is 37.3. The second-order valence-corrected chi connectivity index (χ2v) is 4.42. The molecule has 0 saturated heterocycles. The van der Waals surface area contributed by atoms with Crippen molar-refractivity contribution >= 4 is 11.3 Å². The van der Waals surface area contributed by atoms with Gasteiger partial charge in [-0.3, -0.25) is 0 Å². The molecule has 1 heterocycles. The van der Waals surface area contributed by atoms with E-state index in [1.165, 1.54) is 6.20 Å². The molecule has 1 aromatic carbocycles. The summed E-state index contributed by atoms with van der Waals surface area (Å²) in [6.45, 7) is 0.287. The third kappa shape index (κ3) is 2.48. The molecule has 0 radical (unpaired) electrons. The SMILES string of the molecule is NCc1ccccc1-c1cnc(C(F)(F)F)s1. The van der Waals surface area contributed by atoms with Gasteiger partial charge in [0.2, 0.25) is 0 Å². The summed E-state index contributed by atoms with van der Waals surface area (Å²) in [6.07, 6.45) is -3.15. The minimum Gasteiger partial charge on any atom is -0.326 e. The van der Waals surface area contributed by atoms with Crippen LogP contribution in [0.3, 0.4) is 0 Å². The first-order valence-corrected chi connectivity index (χ1v) is 5.65. The lowest BCUT2D eigenvalue weighted by Crippen LogP contribution is -2.02. The van der Waals surface area contributed by atoms with Crippen LogP contribution in [0.1, 0.15) is 10.6 Å². The third-order valence-electron chi connectivity index (χ3n) is 2.25. The Kier molecular flexibility index (Phi) is 3.17. The molecule has 0 fully saturated rings. The van der Waals surface area contributed by atoms with Crippen LogP contribution < -0.4 is 5.73 Å². The summed E-state index contributed by atoms with van der Waals surface area (Å²) in [6, 6.07) is 7.11. The van der Waals surface area contributed by atoms with E-state index in [-0.39, 0.29) is 6.54 Å². The van der Waals surface area contributed by atoms with E-state index in [9.17, 15) is 13.2 Å². The van der Waals surface area contributed by atoms with Crippen molar-refractivity contribution in [3.05, 3.63) is 41.0 Å². The number of alkyl halides is 3. The van der Waals surface area contributed by atoms with Crippen LogP contribution in [0.25, 0.3) is 10.4 Å². The van der Waals surface area contributed by atoms with Gasteiger partial charge in [-0.25, -0.2) is 4.98 Å². The summed E-state index contributed by atoms with van der Waals surface area (Å²) in [7, 11) is 0. The number of aromatic nitrogens is 1. The Morgan fingerprint density at radius 2 is 1.94 bits per heavy atom. The first-order valence-electron chi connectivity index (χ1n) is 4.83. The van der Waals surface area contributed by atoms with E-state index < -0.39 is 11.2 Å². The van der Waals surface area contributed by atoms with E-state index in [1.54, 1.807) is 24.3 Å². The van der Waals surface area contributed by atoms with Crippen LogP contribution in [0.15, 0.2) is 30.5 Å². The number of hydrogen-bond acceptors (Lipinski definition) is 3. The highest BCUT2D eigenvalue weighted by molar-refractivity contribution is 7.15. The number of benzene rings is 1. The lowest BCUT2D eigenvalue weighted by Gasteiger charge is -2.04. The molecule has 0 amide bonds. The average molecular weight is 258 g/mol. The highest BCUT2D eigenvalue weighted by Gasteiger charge is 2.34. The van der Waals surface area contributed by atoms with Crippen molar-refractivity contribution in [3.63, 3.8) is 0 Å². The van der Waals surface area contributed by atoms with Gasteiger partial charge in [0.05, 0.1) is 4.88 Å². The molecule has 0 atom stereocenters. The van der Waals surface area contributed by atoms with Crippen molar-refractivity contribution in [2.24, 2.45) is 5.73 Å². The molecule has 2 N–H and O–H groups in total. The predicted molar refractivity (Wildman–Crippen MR) is 60.4 cm³/mol. The molecule has 0 aliphatic rings. The van der Waals surface area contributed by atoms with Crippen molar-refractivity contribution in [3.8, 4) is 10.4 Å². The molecule has 0 saturated carbocycles. The zero-order chi connectivity index (χ0) is 12.5. The number of hydrogen-bond donors (Lipinski definition) is 1. The second kappa shape index (κ2) is 4.46. The largest absolute Gasteiger partial charge is 0.443 e. The Morgan fingerprint density at radius 1 is 1.24 bits per heavy atom. The molecule has 2 nitrogen and oxygen atoms in total. The maximum absolute atomic E-state index is 12.4. The predicted octanol–water partition coefficient (Wildman–Crippen LogP) is 3.29. The highest BCUT2D eigenvalue weighted by atomic mass is 32.1. The molecule has 1 aromatic heterocycles. The van der Waals surface area contributed by atoms with Gasteiger partial charge in [0.25, 0.3) is 0 Å². The normalized spacial score (nSPS) is 11.8. The standard InChI is InChI=1S/C11H9F3N2S/c12-11(13,14)10-16-6-9(17-10)8-4-2-1-3-7(8)5-15/h1-4,6H,5,15H2. The van der Waals surface area contributed by atoms with Gasteiger partial charge in [-0.05, 0) is 11.1 Å². The third-order valence-corrected chi connectivity index (χ3v) is 3.33. The summed E-state index contributed by atoms with van der Waals surface area (Å²) in [5.41, 5.74) is 7.06. The van der Waals surface area contributed by atoms with Gasteiger partial charge in [-0.1, -0.05) is 24.3 Å². The van der Waals surface area contributed by atoms with Gasteiger partial charge in [0, 0.05) is 12.7 Å². The fraction of sp³-hybridized carbons (Fsp3) is 0.182. The van der Waals surface area contributed by atoms with E-state index in [2.05, 4.69) is 4.98 Å². The number of thiazole rings is 1. The van der Waals surface area contributed by atoms with Crippen LogP contribution in [0.2, 0.25) is 0 Å². The lowest BCUT2D eigenvalue weighted by atomic mass is 10.1. The molecular weight excluding hydrogens is 249 g/mol. The van der Waals surface area contributed by atoms with Gasteiger partial charge < -0.3 is 5.73 Å². The lowest BCUT2D eigenvalue weighted by molar-refractivity contribution is -0.137. The Hall–Kier alpha value is -1.40. The van der Waals surface area contributed by atoms with E-state index in [0.717, 1.165) is 5.56 Å². The molecule has 0 unspecified atom stereocenters. The molecule has 17 heavy (non-hydrogen) atoms. The zero-order valence-corrected chi connectivity index (χ0v) is 9.48. The molecule has 2 aromatic rings. The van der Waals surface area contributed by atoms with E-state index in [4.69, 9.17) is 5.73 Å². The summed E-state index contributed by atoms with van der Waals surface area (Å²) in [4.78, 5) is 3.88. The fourth-order valence-electron chi connectivity index (χ4n) is 1.47. The van der Waals surface area contributed by atoms with E-state index in [0.29, 0.717) is 21.8 Å². The van der Waals surface area contributed by atoms with Gasteiger partial charge in [-0.15, -0.1) is 11.3 Å². The molecule has 6 heteroatoms. The van der Waals surface area contributed by atoms with Crippen molar-refractivity contribution in [2.75, 3.05) is 0 Å². The van der Waals surface area contributed by atoms with Crippen molar-refractivity contribution < 1.29 is 13.2 Å². The Bertz CT molecular complexity index is 519. The zero-order valence-electron chi connectivity index (χ0n) is 8.66. The Balaban J connectivity index is 2.44. The number of nitrogens with zero attached hydrogens (tertiary/aromatic N) is 1. The van der Waals surface area contributed by atoms with Gasteiger partial charge in [-0.2, -0.15) is 13.2 Å². The summed E-state index contributed by atoms with van der Waals surface area (Å²) in [5, 5.41) is -0.834. The number of nitrogens with two attached hydrogens (primary N) is 1. The second-order valence-electron chi connectivity index (χ2n) is 3.39. The van der Waals surface area contributed by atoms with Crippen LogP contribution in [-0.4, -0.2) is 4.98 Å². The molecule has 2 rings (SSSR count). The van der Waals surface area contributed by atoms with Gasteiger partial charge in [0.15, 0.2) is 5.01 Å². The van der Waals surface area contributed by atoms with Crippen molar-refractivity contribution in [1.29, 1.82) is 0 Å². The van der Waals surface area contributed by atoms with Crippen LogP contribution in [0.5, 0.6) is 0 Å². The highest BCUT2D eigenvalue weighted by Crippen LogP contribution is 2.37. The van der Waals surface area contributed by atoms with E-state index in [1.807, 2.05) is 0 Å². The van der Waals surface area contributed by atoms with Crippen molar-refractivity contribution in [2.45, 2.75) is 12.7 Å². The molecular formula is C11H9F3N2S. The van der Waals surface area contributed by atoms with E-state index >= 15 is 0 Å². The maximum atomic E-state index is 12.4. The smallest absolute Gasteiger partial charge is 0.326 e. The van der Waals surface area contributed by atoms with Gasteiger partial charge in [0.1, 0.15) is 0 Å². The first kappa shape index (κ1) is 12.1. The summed E-state index contributed by atoms with van der Waals surface area (Å²) in [5.74, 6) is 0. The minimum atomic E-state index is -4.39. The topological polar surface area (TPSA) is 38.9 Å². The first-order chi connectivity index (χ1) is 8.02. The molecule has 0 bridgehead atoms. The summed E-state index contributed by atoms with van der Waals surface area (Å²) >= 11 is 0.631. The quantitative estimate of drug-likeness (QED) is 0.897. The van der Waals surface area contributed by atoms with Crippen LogP contribution in [0.4, 0.5) is 13.2 Å². The van der Waals surface area contributed by atoms with Gasteiger partial charge >= 0.3 is 6.18 Å². The monoisotopic (exact) mass is 258 g/mol. The van der Waals surface area contributed by atoms with Crippen LogP contribution in [0, 0.1) is 0 Å². The van der Waals surface area contributed by atoms with Crippen LogP contribution in [-0.2, 0) is 12.7 Å². The molecule has 0 aliphatic heterocycles. The van der Waals surface area contributed by atoms with Crippen LogP contribution >= 0.6 is 11.3 Å².